The number of aromatic nitrogens is 2. The average molecular weight is 371 g/mol. The zero-order chi connectivity index (χ0) is 18.7. The Kier molecular flexibility index (Phi) is 5.22. The number of thioether (sulfide) groups is 1. The van der Waals surface area contributed by atoms with Crippen molar-refractivity contribution in [1.29, 1.82) is 0 Å². The van der Waals surface area contributed by atoms with Crippen molar-refractivity contribution in [2.75, 3.05) is 12.4 Å². The Morgan fingerprint density at radius 2 is 1.92 bits per heavy atom. The van der Waals surface area contributed by atoms with Crippen LogP contribution in [0.5, 0.6) is 0 Å². The lowest BCUT2D eigenvalue weighted by molar-refractivity contribution is 0.187. The largest absolute Gasteiger partial charge is 0.453 e. The monoisotopic (exact) mass is 371 g/mol. The molecule has 0 saturated carbocycles. The van der Waals surface area contributed by atoms with Crippen molar-refractivity contribution in [2.45, 2.75) is 24.8 Å². The number of benzene rings is 1. The molecule has 0 bridgehead atoms. The standard InChI is InChI=1S/C18H17N3O4S/c1-10-6-11(2)20-17(19-10)26-9-12-7-16(22)25-15-8-13(4-5-14(12)15)21-18(23)24-3/h4-8H,9H2,1-3H3,(H,21,23). The molecular formula is C18H17N3O4S. The summed E-state index contributed by atoms with van der Waals surface area (Å²) in [5.41, 5.74) is 3.03. The normalized spacial score (nSPS) is 10.7. The predicted molar refractivity (Wildman–Crippen MR) is 99.6 cm³/mol. The van der Waals surface area contributed by atoms with E-state index >= 15 is 0 Å². The molecule has 7 nitrogen and oxygen atoms in total. The number of carbonyl (C=O) groups excluding carboxylic acids is 1. The van der Waals surface area contributed by atoms with E-state index in [0.717, 1.165) is 22.3 Å². The lowest BCUT2D eigenvalue weighted by Gasteiger charge is -2.08. The van der Waals surface area contributed by atoms with Crippen LogP contribution < -0.4 is 10.9 Å². The van der Waals surface area contributed by atoms with Crippen molar-refractivity contribution in [3.8, 4) is 0 Å². The number of methoxy groups -OCH3 is 1. The molecule has 2 heterocycles. The van der Waals surface area contributed by atoms with Crippen LogP contribution in [-0.4, -0.2) is 23.2 Å². The van der Waals surface area contributed by atoms with Gasteiger partial charge in [-0.1, -0.05) is 11.8 Å². The second-order valence-corrected chi connectivity index (χ2v) is 6.58. The third kappa shape index (κ3) is 4.20. The predicted octanol–water partition coefficient (Wildman–Crippen LogP) is 3.67. The average Bonchev–Trinajstić information content (AvgIpc) is 2.58. The van der Waals surface area contributed by atoms with Crippen LogP contribution in [-0.2, 0) is 10.5 Å². The molecule has 1 N–H and O–H groups in total. The number of hydrogen-bond donors (Lipinski definition) is 1. The molecule has 0 radical (unpaired) electrons. The molecular weight excluding hydrogens is 354 g/mol. The summed E-state index contributed by atoms with van der Waals surface area (Å²) < 4.78 is 9.82. The number of nitrogens with one attached hydrogen (secondary N) is 1. The summed E-state index contributed by atoms with van der Waals surface area (Å²) >= 11 is 1.45. The molecule has 0 aliphatic carbocycles. The summed E-state index contributed by atoms with van der Waals surface area (Å²) in [6.45, 7) is 3.84. The molecule has 3 aromatic rings. The van der Waals surface area contributed by atoms with Crippen molar-refractivity contribution < 1.29 is 13.9 Å². The Hall–Kier alpha value is -2.87. The lowest BCUT2D eigenvalue weighted by Crippen LogP contribution is -2.11. The molecule has 0 saturated heterocycles. The van der Waals surface area contributed by atoms with E-state index in [1.54, 1.807) is 18.2 Å². The van der Waals surface area contributed by atoms with Gasteiger partial charge in [0.05, 0.1) is 7.11 Å². The molecule has 0 aliphatic rings. The van der Waals surface area contributed by atoms with Crippen LogP contribution >= 0.6 is 11.8 Å². The van der Waals surface area contributed by atoms with Gasteiger partial charge < -0.3 is 9.15 Å². The van der Waals surface area contributed by atoms with E-state index in [2.05, 4.69) is 20.0 Å². The number of amides is 1. The van der Waals surface area contributed by atoms with Crippen molar-refractivity contribution in [1.82, 2.24) is 9.97 Å². The van der Waals surface area contributed by atoms with Crippen LogP contribution in [0.4, 0.5) is 10.5 Å². The molecule has 1 aromatic carbocycles. The van der Waals surface area contributed by atoms with Gasteiger partial charge >= 0.3 is 11.7 Å². The number of carbonyl (C=O) groups is 1. The molecule has 0 fully saturated rings. The van der Waals surface area contributed by atoms with Gasteiger partial charge in [-0.2, -0.15) is 0 Å². The first-order chi connectivity index (χ1) is 12.4. The van der Waals surface area contributed by atoms with E-state index in [4.69, 9.17) is 4.42 Å². The molecule has 134 valence electrons. The molecule has 1 amide bonds. The van der Waals surface area contributed by atoms with Crippen molar-refractivity contribution in [3.63, 3.8) is 0 Å². The molecule has 26 heavy (non-hydrogen) atoms. The van der Waals surface area contributed by atoms with Gasteiger partial charge in [-0.3, -0.25) is 5.32 Å². The van der Waals surface area contributed by atoms with Crippen molar-refractivity contribution in [3.05, 3.63) is 57.7 Å². The zero-order valence-electron chi connectivity index (χ0n) is 14.5. The minimum absolute atomic E-state index is 0.392. The van der Waals surface area contributed by atoms with Gasteiger partial charge in [-0.05, 0) is 37.6 Å². The second-order valence-electron chi connectivity index (χ2n) is 5.64. The quantitative estimate of drug-likeness (QED) is 0.425. The fourth-order valence-corrected chi connectivity index (χ4v) is 3.44. The molecule has 8 heteroatoms. The maximum Gasteiger partial charge on any atom is 0.411 e. The first kappa shape index (κ1) is 17.9. The highest BCUT2D eigenvalue weighted by atomic mass is 32.2. The van der Waals surface area contributed by atoms with Gasteiger partial charge in [-0.25, -0.2) is 19.6 Å². The summed E-state index contributed by atoms with van der Waals surface area (Å²) in [7, 11) is 1.28. The zero-order valence-corrected chi connectivity index (χ0v) is 15.3. The number of rotatable bonds is 4. The van der Waals surface area contributed by atoms with Crippen molar-refractivity contribution in [2.24, 2.45) is 0 Å². The van der Waals surface area contributed by atoms with Gasteiger partial charge in [0, 0.05) is 40.3 Å². The van der Waals surface area contributed by atoms with Gasteiger partial charge in [0.15, 0.2) is 5.16 Å². The summed E-state index contributed by atoms with van der Waals surface area (Å²) in [4.78, 5) is 32.0. The van der Waals surface area contributed by atoms with E-state index in [0.29, 0.717) is 22.2 Å². The van der Waals surface area contributed by atoms with Crippen LogP contribution in [0.1, 0.15) is 17.0 Å². The summed E-state index contributed by atoms with van der Waals surface area (Å²) in [6, 6.07) is 8.48. The topological polar surface area (TPSA) is 94.3 Å². The Balaban J connectivity index is 1.90. The second kappa shape index (κ2) is 7.57. The number of aryl methyl sites for hydroxylation is 2. The van der Waals surface area contributed by atoms with Crippen LogP contribution in [0.2, 0.25) is 0 Å². The third-order valence-electron chi connectivity index (χ3n) is 3.58. The van der Waals surface area contributed by atoms with Crippen LogP contribution in [0.3, 0.4) is 0 Å². The van der Waals surface area contributed by atoms with Crippen LogP contribution in [0.15, 0.2) is 44.7 Å². The highest BCUT2D eigenvalue weighted by molar-refractivity contribution is 7.98. The Labute approximate surface area is 153 Å². The molecule has 0 aliphatic heterocycles. The number of hydrogen-bond acceptors (Lipinski definition) is 7. The van der Waals surface area contributed by atoms with Gasteiger partial charge in [0.25, 0.3) is 0 Å². The van der Waals surface area contributed by atoms with E-state index in [9.17, 15) is 9.59 Å². The van der Waals surface area contributed by atoms with E-state index < -0.39 is 11.7 Å². The SMILES string of the molecule is COC(=O)Nc1ccc2c(CSc3nc(C)cc(C)n3)cc(=O)oc2c1. The molecule has 3 rings (SSSR count). The highest BCUT2D eigenvalue weighted by Crippen LogP contribution is 2.26. The Bertz CT molecular complexity index is 1010. The van der Waals surface area contributed by atoms with Gasteiger partial charge in [0.1, 0.15) is 5.58 Å². The number of ether oxygens (including phenoxy) is 1. The molecule has 0 unspecified atom stereocenters. The smallest absolute Gasteiger partial charge is 0.411 e. The lowest BCUT2D eigenvalue weighted by atomic mass is 10.1. The molecule has 0 spiro atoms. The Morgan fingerprint density at radius 1 is 1.19 bits per heavy atom. The minimum Gasteiger partial charge on any atom is -0.453 e. The maximum atomic E-state index is 11.9. The molecule has 2 aromatic heterocycles. The fraction of sp³-hybridized carbons (Fsp3) is 0.222. The maximum absolute atomic E-state index is 11.9. The van der Waals surface area contributed by atoms with E-state index in [1.165, 1.54) is 24.9 Å². The van der Waals surface area contributed by atoms with E-state index in [1.807, 2.05) is 19.9 Å². The minimum atomic E-state index is -0.592. The van der Waals surface area contributed by atoms with Crippen LogP contribution in [0, 0.1) is 13.8 Å². The number of fused-ring (bicyclic) bond motifs is 1. The number of nitrogens with zero attached hydrogens (tertiary/aromatic N) is 2. The highest BCUT2D eigenvalue weighted by Gasteiger charge is 2.10. The number of anilines is 1. The summed E-state index contributed by atoms with van der Waals surface area (Å²) in [5, 5.41) is 3.99. The first-order valence-electron chi connectivity index (χ1n) is 7.81. The Morgan fingerprint density at radius 3 is 2.62 bits per heavy atom. The van der Waals surface area contributed by atoms with Crippen molar-refractivity contribution >= 4 is 34.5 Å². The van der Waals surface area contributed by atoms with Gasteiger partial charge in [-0.15, -0.1) is 0 Å². The third-order valence-corrected chi connectivity index (χ3v) is 4.48. The van der Waals surface area contributed by atoms with Gasteiger partial charge in [0.2, 0.25) is 0 Å². The molecule has 0 atom stereocenters. The summed E-state index contributed by atoms with van der Waals surface area (Å²) in [5.74, 6) is 0.523. The van der Waals surface area contributed by atoms with Crippen LogP contribution in [0.25, 0.3) is 11.0 Å². The fourth-order valence-electron chi connectivity index (χ4n) is 2.50. The summed E-state index contributed by atoms with van der Waals surface area (Å²) in [6.07, 6.45) is -0.592. The van der Waals surface area contributed by atoms with E-state index in [-0.39, 0.29) is 0 Å². The first-order valence-corrected chi connectivity index (χ1v) is 8.80.